The number of nitrogens with zero attached hydrogens (tertiary/aromatic N) is 2. The summed E-state index contributed by atoms with van der Waals surface area (Å²) in [6.07, 6.45) is 0. The average molecular weight is 388 g/mol. The van der Waals surface area contributed by atoms with E-state index in [1.807, 2.05) is 54.6 Å². The van der Waals surface area contributed by atoms with Gasteiger partial charge in [0, 0.05) is 37.4 Å². The Balaban J connectivity index is 1.50. The minimum Gasteiger partial charge on any atom is -0.492 e. The molecule has 1 aliphatic rings. The monoisotopic (exact) mass is 388 g/mol. The summed E-state index contributed by atoms with van der Waals surface area (Å²) in [5.74, 6) is 0.677. The highest BCUT2D eigenvalue weighted by Gasteiger charge is 2.27. The predicted molar refractivity (Wildman–Crippen MR) is 106 cm³/mol. The fourth-order valence-corrected chi connectivity index (χ4v) is 4.31. The van der Waals surface area contributed by atoms with Gasteiger partial charge < -0.3 is 9.64 Å². The highest BCUT2D eigenvalue weighted by molar-refractivity contribution is 7.89. The molecule has 144 valence electrons. The van der Waals surface area contributed by atoms with E-state index in [4.69, 9.17) is 4.74 Å². The number of rotatable bonds is 7. The summed E-state index contributed by atoms with van der Waals surface area (Å²) in [5, 5.41) is 0. The van der Waals surface area contributed by atoms with Crippen LogP contribution in [0, 0.1) is 0 Å². The molecule has 1 aliphatic heterocycles. The zero-order valence-corrected chi connectivity index (χ0v) is 16.2. The molecule has 3 rings (SSSR count). The van der Waals surface area contributed by atoms with Crippen LogP contribution in [0.2, 0.25) is 0 Å². The maximum Gasteiger partial charge on any atom is 0.217 e. The van der Waals surface area contributed by atoms with E-state index in [-0.39, 0.29) is 18.1 Å². The van der Waals surface area contributed by atoms with E-state index >= 15 is 0 Å². The van der Waals surface area contributed by atoms with Crippen molar-refractivity contribution in [2.75, 3.05) is 43.4 Å². The molecule has 2 aromatic carbocycles. The van der Waals surface area contributed by atoms with Crippen LogP contribution in [-0.4, -0.2) is 57.0 Å². The molecule has 2 aromatic rings. The number of sulfonamides is 1. The van der Waals surface area contributed by atoms with Crippen LogP contribution in [-0.2, 0) is 10.0 Å². The number of benzene rings is 2. The highest BCUT2D eigenvalue weighted by Crippen LogP contribution is 2.19. The van der Waals surface area contributed by atoms with Crippen molar-refractivity contribution in [2.24, 2.45) is 0 Å². The molecule has 1 heterocycles. The van der Waals surface area contributed by atoms with Gasteiger partial charge in [-0.1, -0.05) is 18.2 Å². The second-order valence-corrected chi connectivity index (χ2v) is 8.56. The van der Waals surface area contributed by atoms with Gasteiger partial charge in [-0.3, -0.25) is 4.79 Å². The van der Waals surface area contributed by atoms with Crippen molar-refractivity contribution < 1.29 is 17.9 Å². The van der Waals surface area contributed by atoms with Crippen molar-refractivity contribution in [3.8, 4) is 5.75 Å². The molecule has 0 bridgehead atoms. The van der Waals surface area contributed by atoms with E-state index in [1.165, 1.54) is 4.31 Å². The Bertz CT molecular complexity index is 859. The number of anilines is 1. The van der Waals surface area contributed by atoms with Crippen LogP contribution in [0.4, 0.5) is 5.69 Å². The topological polar surface area (TPSA) is 66.9 Å². The molecule has 27 heavy (non-hydrogen) atoms. The first kappa shape index (κ1) is 19.4. The highest BCUT2D eigenvalue weighted by atomic mass is 32.2. The SMILES string of the molecule is CC(=O)c1ccc(N2CCN(S(=O)(=O)CCOc3ccccc3)CC2)cc1. The number of hydrogen-bond acceptors (Lipinski definition) is 5. The van der Waals surface area contributed by atoms with Gasteiger partial charge in [0.05, 0.1) is 5.75 Å². The third kappa shape index (κ3) is 5.08. The van der Waals surface area contributed by atoms with Gasteiger partial charge in [-0.05, 0) is 43.3 Å². The minimum atomic E-state index is -3.34. The maximum atomic E-state index is 12.5. The second kappa shape index (κ2) is 8.54. The van der Waals surface area contributed by atoms with Gasteiger partial charge in [0.1, 0.15) is 12.4 Å². The van der Waals surface area contributed by atoms with Gasteiger partial charge in [-0.25, -0.2) is 8.42 Å². The van der Waals surface area contributed by atoms with Gasteiger partial charge in [-0.2, -0.15) is 4.31 Å². The second-order valence-electron chi connectivity index (χ2n) is 6.47. The summed E-state index contributed by atoms with van der Waals surface area (Å²) in [4.78, 5) is 13.5. The maximum absolute atomic E-state index is 12.5. The fourth-order valence-electron chi connectivity index (χ4n) is 3.04. The van der Waals surface area contributed by atoms with E-state index in [0.29, 0.717) is 37.5 Å². The Hall–Kier alpha value is -2.38. The zero-order valence-electron chi connectivity index (χ0n) is 15.4. The molecule has 0 radical (unpaired) electrons. The number of ketones is 1. The van der Waals surface area contributed by atoms with E-state index in [0.717, 1.165) is 5.69 Å². The lowest BCUT2D eigenvalue weighted by Crippen LogP contribution is -2.49. The van der Waals surface area contributed by atoms with Crippen LogP contribution in [0.15, 0.2) is 54.6 Å². The van der Waals surface area contributed by atoms with Crippen molar-refractivity contribution in [2.45, 2.75) is 6.92 Å². The minimum absolute atomic E-state index is 0.0325. The molecule has 0 aliphatic carbocycles. The third-order valence-corrected chi connectivity index (χ3v) is 6.46. The van der Waals surface area contributed by atoms with Crippen LogP contribution in [0.3, 0.4) is 0 Å². The predicted octanol–water partition coefficient (Wildman–Crippen LogP) is 2.42. The molecule has 0 saturated carbocycles. The Morgan fingerprint density at radius 3 is 2.19 bits per heavy atom. The Kier molecular flexibility index (Phi) is 6.13. The van der Waals surface area contributed by atoms with Crippen molar-refractivity contribution in [3.63, 3.8) is 0 Å². The van der Waals surface area contributed by atoms with Crippen LogP contribution in [0.1, 0.15) is 17.3 Å². The number of ether oxygens (including phenoxy) is 1. The van der Waals surface area contributed by atoms with Crippen molar-refractivity contribution >= 4 is 21.5 Å². The van der Waals surface area contributed by atoms with Crippen LogP contribution >= 0.6 is 0 Å². The standard InChI is InChI=1S/C20H24N2O4S/c1-17(23)18-7-9-19(10-8-18)21-11-13-22(14-12-21)27(24,25)16-15-26-20-5-3-2-4-6-20/h2-10H,11-16H2,1H3. The largest absolute Gasteiger partial charge is 0.492 e. The first-order valence-electron chi connectivity index (χ1n) is 8.97. The van der Waals surface area contributed by atoms with Crippen molar-refractivity contribution in [3.05, 3.63) is 60.2 Å². The van der Waals surface area contributed by atoms with Crippen molar-refractivity contribution in [1.82, 2.24) is 4.31 Å². The van der Waals surface area contributed by atoms with Gasteiger partial charge in [0.25, 0.3) is 0 Å². The van der Waals surface area contributed by atoms with Gasteiger partial charge in [0.2, 0.25) is 10.0 Å². The van der Waals surface area contributed by atoms with Gasteiger partial charge in [0.15, 0.2) is 5.78 Å². The van der Waals surface area contributed by atoms with E-state index in [1.54, 1.807) is 6.92 Å². The van der Waals surface area contributed by atoms with Gasteiger partial charge >= 0.3 is 0 Å². The van der Waals surface area contributed by atoms with Crippen LogP contribution in [0.25, 0.3) is 0 Å². The molecule has 6 nitrogen and oxygen atoms in total. The van der Waals surface area contributed by atoms with E-state index in [9.17, 15) is 13.2 Å². The molecule has 0 atom stereocenters. The third-order valence-electron chi connectivity index (χ3n) is 4.62. The lowest BCUT2D eigenvalue weighted by molar-refractivity contribution is 0.101. The fraction of sp³-hybridized carbons (Fsp3) is 0.350. The van der Waals surface area contributed by atoms with Crippen LogP contribution < -0.4 is 9.64 Å². The molecule has 0 amide bonds. The number of para-hydroxylation sites is 1. The number of hydrogen-bond donors (Lipinski definition) is 0. The molecule has 0 unspecified atom stereocenters. The first-order chi connectivity index (χ1) is 13.0. The molecule has 1 fully saturated rings. The summed E-state index contributed by atoms with van der Waals surface area (Å²) in [6.45, 7) is 3.82. The lowest BCUT2D eigenvalue weighted by atomic mass is 10.1. The number of Topliss-reactive ketones (excluding diaryl/α,β-unsaturated/α-hetero) is 1. The van der Waals surface area contributed by atoms with Crippen molar-refractivity contribution in [1.29, 1.82) is 0 Å². The smallest absolute Gasteiger partial charge is 0.217 e. The molecule has 0 spiro atoms. The average Bonchev–Trinajstić information content (AvgIpc) is 2.69. The number of carbonyl (C=O) groups is 1. The Morgan fingerprint density at radius 2 is 1.59 bits per heavy atom. The molecule has 1 saturated heterocycles. The molecular formula is C20H24N2O4S. The lowest BCUT2D eigenvalue weighted by Gasteiger charge is -2.35. The number of piperazine rings is 1. The summed E-state index contributed by atoms with van der Waals surface area (Å²) in [5.41, 5.74) is 1.68. The summed E-state index contributed by atoms with van der Waals surface area (Å²) in [7, 11) is -3.34. The summed E-state index contributed by atoms with van der Waals surface area (Å²) in [6, 6.07) is 16.6. The molecular weight excluding hydrogens is 364 g/mol. The number of carbonyl (C=O) groups excluding carboxylic acids is 1. The van der Waals surface area contributed by atoms with Gasteiger partial charge in [-0.15, -0.1) is 0 Å². The zero-order chi connectivity index (χ0) is 19.3. The Morgan fingerprint density at radius 1 is 0.963 bits per heavy atom. The Labute approximate surface area is 160 Å². The molecule has 0 N–H and O–H groups in total. The molecule has 0 aromatic heterocycles. The first-order valence-corrected chi connectivity index (χ1v) is 10.6. The van der Waals surface area contributed by atoms with Crippen LogP contribution in [0.5, 0.6) is 5.75 Å². The molecule has 7 heteroatoms. The quantitative estimate of drug-likeness (QED) is 0.682. The summed E-state index contributed by atoms with van der Waals surface area (Å²) >= 11 is 0. The summed E-state index contributed by atoms with van der Waals surface area (Å²) < 4.78 is 32.1. The van der Waals surface area contributed by atoms with E-state index in [2.05, 4.69) is 4.90 Å². The normalized spacial score (nSPS) is 15.5. The van der Waals surface area contributed by atoms with E-state index < -0.39 is 10.0 Å².